The van der Waals surface area contributed by atoms with Gasteiger partial charge in [0.05, 0.1) is 24.9 Å². The summed E-state index contributed by atoms with van der Waals surface area (Å²) in [6.07, 6.45) is 0.889. The van der Waals surface area contributed by atoms with E-state index in [0.29, 0.717) is 18.0 Å². The lowest BCUT2D eigenvalue weighted by atomic mass is 10.1. The zero-order valence-corrected chi connectivity index (χ0v) is 15.1. The molecule has 0 aliphatic heterocycles. The van der Waals surface area contributed by atoms with Gasteiger partial charge >= 0.3 is 5.97 Å². The minimum Gasteiger partial charge on any atom is -0.495 e. The summed E-state index contributed by atoms with van der Waals surface area (Å²) in [6.45, 7) is 3.49. The molecule has 2 aromatic carbocycles. The average Bonchev–Trinajstić information content (AvgIpc) is 2.62. The van der Waals surface area contributed by atoms with Crippen molar-refractivity contribution >= 4 is 17.6 Å². The molecular formula is C20H24N2O4. The van der Waals surface area contributed by atoms with Crippen LogP contribution in [0.3, 0.4) is 0 Å². The number of rotatable bonds is 9. The van der Waals surface area contributed by atoms with Crippen molar-refractivity contribution in [3.05, 3.63) is 59.7 Å². The number of carbonyl (C=O) groups is 2. The number of methoxy groups -OCH3 is 1. The van der Waals surface area contributed by atoms with Crippen LogP contribution in [0.25, 0.3) is 0 Å². The molecule has 0 radical (unpaired) electrons. The highest BCUT2D eigenvalue weighted by atomic mass is 16.5. The Bertz CT molecular complexity index is 761. The van der Waals surface area contributed by atoms with Crippen LogP contribution in [0.1, 0.15) is 29.3 Å². The van der Waals surface area contributed by atoms with Gasteiger partial charge in [-0.05, 0) is 42.8 Å². The van der Waals surface area contributed by atoms with Crippen molar-refractivity contribution in [3.8, 4) is 5.75 Å². The first-order valence-corrected chi connectivity index (χ1v) is 8.51. The summed E-state index contributed by atoms with van der Waals surface area (Å²) in [5.41, 5.74) is 1.74. The van der Waals surface area contributed by atoms with Gasteiger partial charge in [-0.2, -0.15) is 0 Å². The number of hydrogen-bond donors (Lipinski definition) is 2. The van der Waals surface area contributed by atoms with E-state index < -0.39 is 5.97 Å². The summed E-state index contributed by atoms with van der Waals surface area (Å²) in [5, 5.41) is 12.0. The Balaban J connectivity index is 2.04. The van der Waals surface area contributed by atoms with E-state index in [1.807, 2.05) is 30.0 Å². The fourth-order valence-electron chi connectivity index (χ4n) is 2.73. The van der Waals surface area contributed by atoms with Gasteiger partial charge in [-0.15, -0.1) is 0 Å². The van der Waals surface area contributed by atoms with Gasteiger partial charge in [0.25, 0.3) is 0 Å². The number of carboxylic acids is 1. The van der Waals surface area contributed by atoms with Crippen LogP contribution in [-0.2, 0) is 11.3 Å². The summed E-state index contributed by atoms with van der Waals surface area (Å²) < 4.78 is 5.25. The topological polar surface area (TPSA) is 78.9 Å². The number of para-hydroxylation sites is 2. The highest BCUT2D eigenvalue weighted by Gasteiger charge is 2.13. The van der Waals surface area contributed by atoms with Crippen molar-refractivity contribution in [2.45, 2.75) is 19.9 Å². The van der Waals surface area contributed by atoms with E-state index in [4.69, 9.17) is 9.84 Å². The van der Waals surface area contributed by atoms with E-state index in [1.165, 1.54) is 0 Å². The Morgan fingerprint density at radius 2 is 1.92 bits per heavy atom. The van der Waals surface area contributed by atoms with Crippen LogP contribution in [0.2, 0.25) is 0 Å². The van der Waals surface area contributed by atoms with Crippen molar-refractivity contribution in [1.82, 2.24) is 4.90 Å². The predicted molar refractivity (Wildman–Crippen MR) is 101 cm³/mol. The number of benzene rings is 2. The second kappa shape index (κ2) is 9.58. The van der Waals surface area contributed by atoms with Gasteiger partial charge in [0.1, 0.15) is 5.75 Å². The number of amides is 1. The van der Waals surface area contributed by atoms with Crippen LogP contribution in [0, 0.1) is 0 Å². The van der Waals surface area contributed by atoms with Gasteiger partial charge in [-0.3, -0.25) is 9.69 Å². The van der Waals surface area contributed by atoms with Crippen LogP contribution < -0.4 is 10.1 Å². The molecule has 0 aliphatic carbocycles. The zero-order chi connectivity index (χ0) is 18.9. The summed E-state index contributed by atoms with van der Waals surface area (Å²) in [4.78, 5) is 25.5. The van der Waals surface area contributed by atoms with E-state index in [2.05, 4.69) is 5.32 Å². The monoisotopic (exact) mass is 356 g/mol. The lowest BCUT2D eigenvalue weighted by Gasteiger charge is -2.21. The average molecular weight is 356 g/mol. The predicted octanol–water partition coefficient (Wildman–Crippen LogP) is 3.24. The maximum Gasteiger partial charge on any atom is 0.335 e. The Morgan fingerprint density at radius 3 is 2.62 bits per heavy atom. The van der Waals surface area contributed by atoms with E-state index in [-0.39, 0.29) is 18.0 Å². The molecule has 1 amide bonds. The molecule has 0 atom stereocenters. The van der Waals surface area contributed by atoms with Gasteiger partial charge in [0.15, 0.2) is 0 Å². The summed E-state index contributed by atoms with van der Waals surface area (Å²) in [7, 11) is 1.56. The Labute approximate surface area is 153 Å². The number of aromatic carboxylic acids is 1. The maximum atomic E-state index is 12.4. The standard InChI is InChI=1S/C20H24N2O4/c1-3-11-22(13-15-7-6-8-16(12-15)20(24)25)14-19(23)21-17-9-4-5-10-18(17)26-2/h4-10,12H,3,11,13-14H2,1-2H3,(H,21,23)(H,24,25). The number of hydrogen-bond acceptors (Lipinski definition) is 4. The molecule has 0 aromatic heterocycles. The SMILES string of the molecule is CCCN(CC(=O)Nc1ccccc1OC)Cc1cccc(C(=O)O)c1. The van der Waals surface area contributed by atoms with Crippen molar-refractivity contribution in [1.29, 1.82) is 0 Å². The molecule has 0 spiro atoms. The lowest BCUT2D eigenvalue weighted by molar-refractivity contribution is -0.117. The molecule has 0 saturated carbocycles. The number of carboxylic acid groups (broad SMARTS) is 1. The zero-order valence-electron chi connectivity index (χ0n) is 15.1. The first kappa shape index (κ1) is 19.5. The quantitative estimate of drug-likeness (QED) is 0.721. The highest BCUT2D eigenvalue weighted by Crippen LogP contribution is 2.23. The number of nitrogens with zero attached hydrogens (tertiary/aromatic N) is 1. The van der Waals surface area contributed by atoms with Crippen LogP contribution in [-0.4, -0.2) is 42.1 Å². The molecule has 6 nitrogen and oxygen atoms in total. The number of carbonyl (C=O) groups excluding carboxylic acids is 1. The molecule has 6 heteroatoms. The third kappa shape index (κ3) is 5.60. The third-order valence-corrected chi connectivity index (χ3v) is 3.87. The van der Waals surface area contributed by atoms with Crippen LogP contribution in [0.15, 0.2) is 48.5 Å². The van der Waals surface area contributed by atoms with Crippen molar-refractivity contribution in [3.63, 3.8) is 0 Å². The fraction of sp³-hybridized carbons (Fsp3) is 0.300. The van der Waals surface area contributed by atoms with Gasteiger partial charge in [-0.1, -0.05) is 31.2 Å². The van der Waals surface area contributed by atoms with Gasteiger partial charge in [0.2, 0.25) is 5.91 Å². The van der Waals surface area contributed by atoms with Crippen LogP contribution >= 0.6 is 0 Å². The second-order valence-corrected chi connectivity index (χ2v) is 5.96. The molecule has 0 unspecified atom stereocenters. The molecule has 0 heterocycles. The minimum atomic E-state index is -0.956. The molecule has 138 valence electrons. The lowest BCUT2D eigenvalue weighted by Crippen LogP contribution is -2.33. The molecule has 0 aliphatic rings. The highest BCUT2D eigenvalue weighted by molar-refractivity contribution is 5.93. The number of anilines is 1. The van der Waals surface area contributed by atoms with Crippen LogP contribution in [0.5, 0.6) is 5.75 Å². The summed E-state index contributed by atoms with van der Waals surface area (Å²) in [6, 6.07) is 14.0. The Morgan fingerprint density at radius 1 is 1.15 bits per heavy atom. The van der Waals surface area contributed by atoms with Crippen LogP contribution in [0.4, 0.5) is 5.69 Å². The molecule has 0 bridgehead atoms. The Kier molecular flexibility index (Phi) is 7.17. The first-order chi connectivity index (χ1) is 12.5. The van der Waals surface area contributed by atoms with Gasteiger partial charge in [-0.25, -0.2) is 4.79 Å². The summed E-state index contributed by atoms with van der Waals surface area (Å²) in [5.74, 6) is -0.489. The van der Waals surface area contributed by atoms with Crippen molar-refractivity contribution in [2.24, 2.45) is 0 Å². The minimum absolute atomic E-state index is 0.141. The molecular weight excluding hydrogens is 332 g/mol. The maximum absolute atomic E-state index is 12.4. The molecule has 2 aromatic rings. The number of ether oxygens (including phenoxy) is 1. The van der Waals surface area contributed by atoms with E-state index in [1.54, 1.807) is 37.4 Å². The molecule has 2 rings (SSSR count). The molecule has 0 fully saturated rings. The summed E-state index contributed by atoms with van der Waals surface area (Å²) >= 11 is 0. The largest absolute Gasteiger partial charge is 0.495 e. The smallest absolute Gasteiger partial charge is 0.335 e. The van der Waals surface area contributed by atoms with Gasteiger partial charge in [0, 0.05) is 6.54 Å². The molecule has 2 N–H and O–H groups in total. The fourth-order valence-corrected chi connectivity index (χ4v) is 2.73. The third-order valence-electron chi connectivity index (χ3n) is 3.87. The van der Waals surface area contributed by atoms with Gasteiger partial charge < -0.3 is 15.2 Å². The Hall–Kier alpha value is -2.86. The van der Waals surface area contributed by atoms with E-state index >= 15 is 0 Å². The molecule has 26 heavy (non-hydrogen) atoms. The number of nitrogens with one attached hydrogen (secondary N) is 1. The second-order valence-electron chi connectivity index (χ2n) is 5.96. The normalized spacial score (nSPS) is 10.6. The van der Waals surface area contributed by atoms with Crippen molar-refractivity contribution in [2.75, 3.05) is 25.5 Å². The van der Waals surface area contributed by atoms with Crippen molar-refractivity contribution < 1.29 is 19.4 Å². The van der Waals surface area contributed by atoms with E-state index in [9.17, 15) is 9.59 Å². The molecule has 0 saturated heterocycles. The first-order valence-electron chi connectivity index (χ1n) is 8.51. The van der Waals surface area contributed by atoms with E-state index in [0.717, 1.165) is 18.5 Å².